The molecular weight excluding hydrogens is 616 g/mol. The molecule has 1 saturated heterocycles. The Balaban J connectivity index is 1.56. The van der Waals surface area contributed by atoms with Crippen LogP contribution >= 0.6 is 11.6 Å². The first-order valence-electron chi connectivity index (χ1n) is 16.0. The highest BCUT2D eigenvalue weighted by atomic mass is 35.5. The van der Waals surface area contributed by atoms with Crippen LogP contribution in [-0.2, 0) is 33.5 Å². The molecule has 0 radical (unpaired) electrons. The Labute approximate surface area is 278 Å². The normalized spacial score (nSPS) is 16.9. The van der Waals surface area contributed by atoms with E-state index in [1.807, 2.05) is 62.4 Å². The molecule has 5 rings (SSSR count). The van der Waals surface area contributed by atoms with Crippen LogP contribution in [0.4, 0.5) is 4.79 Å². The summed E-state index contributed by atoms with van der Waals surface area (Å²) in [5.41, 5.74) is 6.28. The van der Waals surface area contributed by atoms with E-state index in [-0.39, 0.29) is 17.6 Å². The number of benzene rings is 3. The number of cyclic esters (lactones) is 1. The van der Waals surface area contributed by atoms with Gasteiger partial charge < -0.3 is 9.16 Å². The average Bonchev–Trinajstić information content (AvgIpc) is 3.61. The summed E-state index contributed by atoms with van der Waals surface area (Å²) in [4.78, 5) is 28.8. The molecule has 3 atom stereocenters. The lowest BCUT2D eigenvalue weighted by Crippen LogP contribution is -2.44. The van der Waals surface area contributed by atoms with E-state index in [4.69, 9.17) is 20.8 Å². The second-order valence-electron chi connectivity index (χ2n) is 13.9. The molecule has 1 aliphatic rings. The van der Waals surface area contributed by atoms with E-state index in [9.17, 15) is 9.59 Å². The van der Waals surface area contributed by atoms with E-state index < -0.39 is 32.3 Å². The predicted molar refractivity (Wildman–Crippen MR) is 185 cm³/mol. The zero-order chi connectivity index (χ0) is 33.4. The second-order valence-corrected chi connectivity index (χ2v) is 19.1. The number of nitrogens with zero attached hydrogens (tertiary/aromatic N) is 4. The first-order valence-corrected chi connectivity index (χ1v) is 19.3. The van der Waals surface area contributed by atoms with Crippen LogP contribution < -0.4 is 0 Å². The van der Waals surface area contributed by atoms with Crippen molar-refractivity contribution in [3.63, 3.8) is 0 Å². The van der Waals surface area contributed by atoms with Gasteiger partial charge in [-0.3, -0.25) is 4.79 Å². The maximum atomic E-state index is 14.4. The summed E-state index contributed by atoms with van der Waals surface area (Å²) < 4.78 is 13.9. The van der Waals surface area contributed by atoms with Crippen molar-refractivity contribution in [1.29, 1.82) is 0 Å². The SMILES string of the molecule is CCn1nnc2c(Cl)c([C@H](c3ccc(C)c(CO[Si](C)(C)C(C)(C)C)c3)[C@@H](C)C(=O)N3C(=O)OC[C@H]3Cc3ccccc3)ccc21. The van der Waals surface area contributed by atoms with Crippen LogP contribution in [0.3, 0.4) is 0 Å². The lowest BCUT2D eigenvalue weighted by atomic mass is 9.79. The Kier molecular flexibility index (Phi) is 9.77. The lowest BCUT2D eigenvalue weighted by molar-refractivity contribution is -0.133. The third-order valence-corrected chi connectivity index (χ3v) is 14.7. The number of ether oxygens (including phenoxy) is 1. The van der Waals surface area contributed by atoms with E-state index in [0.29, 0.717) is 30.1 Å². The molecule has 2 heterocycles. The van der Waals surface area contributed by atoms with Gasteiger partial charge in [-0.25, -0.2) is 14.4 Å². The number of halogens is 1. The van der Waals surface area contributed by atoms with Crippen LogP contribution in [0.25, 0.3) is 11.0 Å². The van der Waals surface area contributed by atoms with Crippen LogP contribution in [0.15, 0.2) is 60.7 Å². The Morgan fingerprint density at radius 1 is 1.13 bits per heavy atom. The topological polar surface area (TPSA) is 86.5 Å². The fraction of sp³-hybridized carbons (Fsp3) is 0.444. The highest BCUT2D eigenvalue weighted by Gasteiger charge is 2.43. The van der Waals surface area contributed by atoms with Crippen molar-refractivity contribution in [2.75, 3.05) is 6.61 Å². The first-order chi connectivity index (χ1) is 21.7. The molecule has 46 heavy (non-hydrogen) atoms. The third-order valence-electron chi connectivity index (χ3n) is 9.82. The van der Waals surface area contributed by atoms with Gasteiger partial charge in [-0.05, 0) is 72.3 Å². The van der Waals surface area contributed by atoms with E-state index in [1.165, 1.54) is 4.90 Å². The number of hydrogen-bond donors (Lipinski definition) is 0. The summed E-state index contributed by atoms with van der Waals surface area (Å²) in [6.07, 6.45) is -0.0986. The summed E-state index contributed by atoms with van der Waals surface area (Å²) in [6, 6.07) is 19.6. The van der Waals surface area contributed by atoms with Crippen LogP contribution in [-0.4, -0.2) is 52.9 Å². The third kappa shape index (κ3) is 6.64. The molecule has 1 fully saturated rings. The number of fused-ring (bicyclic) bond motifs is 1. The zero-order valence-electron chi connectivity index (χ0n) is 28.1. The minimum atomic E-state index is -2.02. The quantitative estimate of drug-likeness (QED) is 0.159. The summed E-state index contributed by atoms with van der Waals surface area (Å²) in [5.74, 6) is -1.44. The summed E-state index contributed by atoms with van der Waals surface area (Å²) in [5, 5.41) is 9.18. The summed E-state index contributed by atoms with van der Waals surface area (Å²) >= 11 is 7.12. The number of imide groups is 1. The number of hydrogen-bond acceptors (Lipinski definition) is 6. The molecule has 0 saturated carbocycles. The minimum Gasteiger partial charge on any atom is -0.447 e. The number of rotatable bonds is 10. The van der Waals surface area contributed by atoms with Crippen molar-refractivity contribution in [3.8, 4) is 0 Å². The molecule has 0 N–H and O–H groups in total. The van der Waals surface area contributed by atoms with Crippen LogP contribution in [0, 0.1) is 12.8 Å². The summed E-state index contributed by atoms with van der Waals surface area (Å²) in [6.45, 7) is 18.4. The fourth-order valence-electron chi connectivity index (χ4n) is 5.88. The number of carbonyl (C=O) groups is 2. The van der Waals surface area contributed by atoms with Crippen LogP contribution in [0.2, 0.25) is 23.2 Å². The Hall–Kier alpha value is -3.53. The molecule has 2 amide bonds. The van der Waals surface area contributed by atoms with Crippen molar-refractivity contribution >= 4 is 43.0 Å². The van der Waals surface area contributed by atoms with Gasteiger partial charge in [-0.1, -0.05) is 99.1 Å². The molecule has 4 aromatic rings. The van der Waals surface area contributed by atoms with Crippen molar-refractivity contribution in [2.45, 2.75) is 91.2 Å². The number of aromatic nitrogens is 3. The van der Waals surface area contributed by atoms with Gasteiger partial charge in [-0.2, -0.15) is 0 Å². The van der Waals surface area contributed by atoms with E-state index in [0.717, 1.165) is 33.3 Å². The Bertz CT molecular complexity index is 1730. The van der Waals surface area contributed by atoms with Crippen molar-refractivity contribution < 1.29 is 18.8 Å². The largest absolute Gasteiger partial charge is 0.447 e. The number of carbonyl (C=O) groups excluding carboxylic acids is 2. The first kappa shape index (κ1) is 33.8. The predicted octanol–water partition coefficient (Wildman–Crippen LogP) is 8.29. The molecule has 244 valence electrons. The highest BCUT2D eigenvalue weighted by molar-refractivity contribution is 6.74. The van der Waals surface area contributed by atoms with Gasteiger partial charge in [-0.15, -0.1) is 5.10 Å². The monoisotopic (exact) mass is 660 g/mol. The highest BCUT2D eigenvalue weighted by Crippen LogP contribution is 2.42. The van der Waals surface area contributed by atoms with Gasteiger partial charge >= 0.3 is 6.09 Å². The maximum absolute atomic E-state index is 14.4. The van der Waals surface area contributed by atoms with E-state index in [2.05, 4.69) is 63.2 Å². The molecule has 10 heteroatoms. The lowest BCUT2D eigenvalue weighted by Gasteiger charge is -2.36. The van der Waals surface area contributed by atoms with Crippen molar-refractivity contribution in [2.24, 2.45) is 5.92 Å². The minimum absolute atomic E-state index is 0.0709. The molecule has 1 aliphatic heterocycles. The molecular formula is C36H45ClN4O4Si. The Morgan fingerprint density at radius 3 is 2.52 bits per heavy atom. The van der Waals surface area contributed by atoms with Crippen molar-refractivity contribution in [3.05, 3.63) is 93.5 Å². The van der Waals surface area contributed by atoms with Gasteiger partial charge in [0.25, 0.3) is 0 Å². The Morgan fingerprint density at radius 2 is 1.85 bits per heavy atom. The number of aryl methyl sites for hydroxylation is 2. The molecule has 0 spiro atoms. The van der Waals surface area contributed by atoms with Gasteiger partial charge in [0, 0.05) is 18.4 Å². The van der Waals surface area contributed by atoms with Crippen LogP contribution in [0.1, 0.15) is 68.4 Å². The zero-order valence-corrected chi connectivity index (χ0v) is 29.9. The standard InChI is InChI=1S/C36H45ClN4O4Si/c1-9-40-30-18-17-29(32(37)33(30)38-39-40)31(26-16-15-23(2)27(20-26)21-45-46(7,8)36(4,5)6)24(3)34(42)41-28(22-44-35(41)43)19-25-13-11-10-12-14-25/h10-18,20,24,28,31H,9,19,21-22H2,1-8H3/t24-,28-,31+/m1/s1. The molecule has 3 aromatic carbocycles. The molecule has 0 aliphatic carbocycles. The molecule has 0 unspecified atom stereocenters. The molecule has 0 bridgehead atoms. The molecule has 1 aromatic heterocycles. The molecule has 8 nitrogen and oxygen atoms in total. The van der Waals surface area contributed by atoms with Gasteiger partial charge in [0.1, 0.15) is 12.1 Å². The fourth-order valence-corrected chi connectivity index (χ4v) is 7.14. The van der Waals surface area contributed by atoms with Crippen molar-refractivity contribution in [1.82, 2.24) is 19.9 Å². The second kappa shape index (κ2) is 13.3. The smallest absolute Gasteiger partial charge is 0.416 e. The average molecular weight is 661 g/mol. The van der Waals surface area contributed by atoms with E-state index >= 15 is 0 Å². The van der Waals surface area contributed by atoms with Crippen LogP contribution in [0.5, 0.6) is 0 Å². The summed E-state index contributed by atoms with van der Waals surface area (Å²) in [7, 11) is -2.02. The number of amides is 2. The van der Waals surface area contributed by atoms with E-state index in [1.54, 1.807) is 4.68 Å². The van der Waals surface area contributed by atoms with Gasteiger partial charge in [0.2, 0.25) is 5.91 Å². The van der Waals surface area contributed by atoms with Gasteiger partial charge in [0.05, 0.1) is 23.2 Å². The maximum Gasteiger partial charge on any atom is 0.416 e. The van der Waals surface area contributed by atoms with Gasteiger partial charge in [0.15, 0.2) is 8.32 Å².